The van der Waals surface area contributed by atoms with E-state index in [2.05, 4.69) is 5.32 Å². The molecule has 1 amide bonds. The third kappa shape index (κ3) is 5.73. The Bertz CT molecular complexity index is 1050. The molecule has 5 nitrogen and oxygen atoms in total. The Morgan fingerprint density at radius 3 is 2.55 bits per heavy atom. The Labute approximate surface area is 177 Å². The van der Waals surface area contributed by atoms with Crippen molar-refractivity contribution in [2.75, 3.05) is 11.9 Å². The first-order valence-corrected chi connectivity index (χ1v) is 9.53. The zero-order chi connectivity index (χ0) is 20.8. The van der Waals surface area contributed by atoms with Gasteiger partial charge in [0.05, 0.1) is 12.2 Å². The summed E-state index contributed by atoms with van der Waals surface area (Å²) < 4.78 is 10.7. The molecular formula is C22H17Cl2NO4. The molecule has 0 radical (unpaired) electrons. The molecule has 2 aromatic carbocycles. The molecule has 0 fully saturated rings. The Balaban J connectivity index is 1.66. The van der Waals surface area contributed by atoms with Gasteiger partial charge in [-0.2, -0.15) is 0 Å². The zero-order valence-electron chi connectivity index (χ0n) is 15.4. The van der Waals surface area contributed by atoms with Gasteiger partial charge in [-0.25, -0.2) is 4.79 Å². The monoisotopic (exact) mass is 429 g/mol. The van der Waals surface area contributed by atoms with E-state index in [1.165, 1.54) is 6.08 Å². The van der Waals surface area contributed by atoms with Crippen LogP contribution in [0.15, 0.2) is 65.1 Å². The van der Waals surface area contributed by atoms with Crippen LogP contribution in [0.2, 0.25) is 10.0 Å². The van der Waals surface area contributed by atoms with Gasteiger partial charge in [0.25, 0.3) is 0 Å². The maximum Gasteiger partial charge on any atom is 0.338 e. The fourth-order valence-corrected chi connectivity index (χ4v) is 3.10. The number of ether oxygens (including phenoxy) is 1. The molecule has 0 saturated heterocycles. The van der Waals surface area contributed by atoms with Gasteiger partial charge in [-0.1, -0.05) is 29.3 Å². The van der Waals surface area contributed by atoms with Crippen LogP contribution in [0.25, 0.3) is 17.4 Å². The van der Waals surface area contributed by atoms with Crippen LogP contribution in [0.4, 0.5) is 5.69 Å². The molecule has 1 heterocycles. The number of halogens is 2. The topological polar surface area (TPSA) is 68.5 Å². The molecule has 0 bridgehead atoms. The van der Waals surface area contributed by atoms with Gasteiger partial charge in [0.15, 0.2) is 0 Å². The SMILES string of the molecule is CCOC(=O)c1cccc(NC(=O)/C=C/c2ccc(-c3cc(Cl)cc(Cl)c3)o2)c1. The lowest BCUT2D eigenvalue weighted by molar-refractivity contribution is -0.111. The van der Waals surface area contributed by atoms with Crippen molar-refractivity contribution in [3.8, 4) is 11.3 Å². The summed E-state index contributed by atoms with van der Waals surface area (Å²) in [5.41, 5.74) is 1.59. The molecule has 148 valence electrons. The number of furan rings is 1. The number of benzene rings is 2. The minimum Gasteiger partial charge on any atom is -0.462 e. The van der Waals surface area contributed by atoms with Crippen LogP contribution in [0, 0.1) is 0 Å². The third-order valence-electron chi connectivity index (χ3n) is 3.81. The lowest BCUT2D eigenvalue weighted by atomic mass is 10.2. The molecule has 0 aliphatic rings. The second-order valence-corrected chi connectivity index (χ2v) is 6.86. The third-order valence-corrected chi connectivity index (χ3v) is 4.25. The standard InChI is InChI=1S/C22H17Cl2NO4/c1-2-28-22(27)14-4-3-5-18(12-14)25-21(26)9-7-19-6-8-20(29-19)15-10-16(23)13-17(24)11-15/h3-13H,2H2,1H3,(H,25,26)/b9-7+. The molecule has 0 aliphatic heterocycles. The summed E-state index contributed by atoms with van der Waals surface area (Å²) in [6, 6.07) is 15.1. The number of rotatable bonds is 6. The van der Waals surface area contributed by atoms with Gasteiger partial charge in [0, 0.05) is 27.4 Å². The van der Waals surface area contributed by atoms with E-state index in [1.54, 1.807) is 67.6 Å². The average molecular weight is 430 g/mol. The smallest absolute Gasteiger partial charge is 0.338 e. The van der Waals surface area contributed by atoms with E-state index >= 15 is 0 Å². The van der Waals surface area contributed by atoms with Crippen molar-refractivity contribution in [2.45, 2.75) is 6.92 Å². The molecule has 0 atom stereocenters. The Hall–Kier alpha value is -3.02. The average Bonchev–Trinajstić information content (AvgIpc) is 3.15. The maximum absolute atomic E-state index is 12.2. The van der Waals surface area contributed by atoms with Crippen molar-refractivity contribution in [2.24, 2.45) is 0 Å². The number of amides is 1. The Kier molecular flexibility index (Phi) is 6.75. The largest absolute Gasteiger partial charge is 0.462 e. The molecule has 3 rings (SSSR count). The number of hydrogen-bond donors (Lipinski definition) is 1. The summed E-state index contributed by atoms with van der Waals surface area (Å²) in [4.78, 5) is 23.9. The lowest BCUT2D eigenvalue weighted by Gasteiger charge is -2.05. The summed E-state index contributed by atoms with van der Waals surface area (Å²) in [5, 5.41) is 3.70. The fraction of sp³-hybridized carbons (Fsp3) is 0.0909. The van der Waals surface area contributed by atoms with Crippen LogP contribution in [0.3, 0.4) is 0 Å². The molecule has 0 unspecified atom stereocenters. The Morgan fingerprint density at radius 2 is 1.83 bits per heavy atom. The number of anilines is 1. The van der Waals surface area contributed by atoms with E-state index in [0.717, 1.165) is 5.56 Å². The predicted molar refractivity (Wildman–Crippen MR) is 114 cm³/mol. The molecule has 0 aliphatic carbocycles. The van der Waals surface area contributed by atoms with Crippen molar-refractivity contribution in [1.29, 1.82) is 0 Å². The van der Waals surface area contributed by atoms with Crippen molar-refractivity contribution in [1.82, 2.24) is 0 Å². The van der Waals surface area contributed by atoms with Gasteiger partial charge in [0.1, 0.15) is 11.5 Å². The van der Waals surface area contributed by atoms with Crippen LogP contribution < -0.4 is 5.32 Å². The van der Waals surface area contributed by atoms with E-state index < -0.39 is 5.97 Å². The van der Waals surface area contributed by atoms with Crippen LogP contribution in [0.5, 0.6) is 0 Å². The molecule has 0 saturated carbocycles. The predicted octanol–water partition coefficient (Wildman–Crippen LogP) is 6.08. The van der Waals surface area contributed by atoms with E-state index in [0.29, 0.717) is 32.8 Å². The molecule has 1 aromatic heterocycles. The number of nitrogens with one attached hydrogen (secondary N) is 1. The summed E-state index contributed by atoms with van der Waals surface area (Å²) in [6.45, 7) is 2.01. The quantitative estimate of drug-likeness (QED) is 0.380. The molecular weight excluding hydrogens is 413 g/mol. The number of hydrogen-bond acceptors (Lipinski definition) is 4. The molecule has 3 aromatic rings. The highest BCUT2D eigenvalue weighted by atomic mass is 35.5. The first-order valence-electron chi connectivity index (χ1n) is 8.77. The second kappa shape index (κ2) is 9.45. The molecule has 0 spiro atoms. The molecule has 1 N–H and O–H groups in total. The van der Waals surface area contributed by atoms with E-state index in [1.807, 2.05) is 0 Å². The van der Waals surface area contributed by atoms with Crippen LogP contribution in [-0.4, -0.2) is 18.5 Å². The first-order chi connectivity index (χ1) is 13.9. The van der Waals surface area contributed by atoms with Gasteiger partial charge in [0.2, 0.25) is 5.91 Å². The van der Waals surface area contributed by atoms with E-state index in [-0.39, 0.29) is 12.5 Å². The van der Waals surface area contributed by atoms with Crippen LogP contribution >= 0.6 is 23.2 Å². The van der Waals surface area contributed by atoms with Gasteiger partial charge in [-0.3, -0.25) is 4.79 Å². The van der Waals surface area contributed by atoms with E-state index in [4.69, 9.17) is 32.4 Å². The second-order valence-electron chi connectivity index (χ2n) is 5.98. The minimum atomic E-state index is -0.441. The highest BCUT2D eigenvalue weighted by Crippen LogP contribution is 2.28. The first kappa shape index (κ1) is 20.7. The maximum atomic E-state index is 12.2. The number of carbonyl (C=O) groups excluding carboxylic acids is 2. The summed E-state index contributed by atoms with van der Waals surface area (Å²) >= 11 is 12.0. The fourth-order valence-electron chi connectivity index (χ4n) is 2.57. The summed E-state index contributed by atoms with van der Waals surface area (Å²) in [7, 11) is 0. The van der Waals surface area contributed by atoms with Crippen molar-refractivity contribution >= 4 is 46.8 Å². The van der Waals surface area contributed by atoms with Crippen LogP contribution in [0.1, 0.15) is 23.0 Å². The van der Waals surface area contributed by atoms with Gasteiger partial charge in [-0.05, 0) is 61.5 Å². The Morgan fingerprint density at radius 1 is 1.07 bits per heavy atom. The molecule has 7 heteroatoms. The number of carbonyl (C=O) groups is 2. The van der Waals surface area contributed by atoms with Gasteiger partial charge in [-0.15, -0.1) is 0 Å². The van der Waals surface area contributed by atoms with Gasteiger partial charge < -0.3 is 14.5 Å². The lowest BCUT2D eigenvalue weighted by Crippen LogP contribution is -2.09. The highest BCUT2D eigenvalue weighted by Gasteiger charge is 2.08. The summed E-state index contributed by atoms with van der Waals surface area (Å²) in [5.74, 6) is 0.265. The van der Waals surface area contributed by atoms with Crippen LogP contribution in [-0.2, 0) is 9.53 Å². The van der Waals surface area contributed by atoms with E-state index in [9.17, 15) is 9.59 Å². The zero-order valence-corrected chi connectivity index (χ0v) is 17.0. The van der Waals surface area contributed by atoms with Crippen molar-refractivity contribution in [3.05, 3.63) is 82.0 Å². The highest BCUT2D eigenvalue weighted by molar-refractivity contribution is 6.35. The van der Waals surface area contributed by atoms with Crippen molar-refractivity contribution < 1.29 is 18.7 Å². The number of esters is 1. The normalized spacial score (nSPS) is 10.9. The molecule has 29 heavy (non-hydrogen) atoms. The van der Waals surface area contributed by atoms with Crippen molar-refractivity contribution in [3.63, 3.8) is 0 Å². The summed E-state index contributed by atoms with van der Waals surface area (Å²) in [6.07, 6.45) is 2.88. The minimum absolute atomic E-state index is 0.282. The van der Waals surface area contributed by atoms with Gasteiger partial charge >= 0.3 is 5.97 Å².